The van der Waals surface area contributed by atoms with Gasteiger partial charge in [-0.15, -0.1) is 0 Å². The van der Waals surface area contributed by atoms with Crippen molar-refractivity contribution in [1.29, 1.82) is 0 Å². The van der Waals surface area contributed by atoms with E-state index in [-0.39, 0.29) is 46.4 Å². The van der Waals surface area contributed by atoms with Crippen molar-refractivity contribution in [3.05, 3.63) is 58.9 Å². The van der Waals surface area contributed by atoms with Gasteiger partial charge in [0.1, 0.15) is 17.3 Å². The molecule has 8 heteroatoms. The molecule has 2 N–H and O–H groups in total. The molecule has 4 aliphatic rings. The Morgan fingerprint density at radius 3 is 2.72 bits per heavy atom. The van der Waals surface area contributed by atoms with E-state index in [0.717, 1.165) is 25.3 Å². The predicted octanol–water partition coefficient (Wildman–Crippen LogP) is 3.74. The SMILES string of the molecule is O=C(COc1ccc(Cl)c(F)c1)NC12CC(CC(=O)[C@H]3C[C@@H](O)c4ccccc4O3)(C1)C2. The lowest BCUT2D eigenvalue weighted by Gasteiger charge is -2.70. The number of ether oxygens (including phenoxy) is 2. The van der Waals surface area contributed by atoms with Crippen molar-refractivity contribution >= 4 is 23.3 Å². The summed E-state index contributed by atoms with van der Waals surface area (Å²) in [5.74, 6) is -0.0976. The molecule has 3 fully saturated rings. The first-order valence-electron chi connectivity index (χ1n) is 10.6. The van der Waals surface area contributed by atoms with E-state index in [1.165, 1.54) is 12.1 Å². The van der Waals surface area contributed by atoms with Crippen LogP contribution in [0.25, 0.3) is 0 Å². The Balaban J connectivity index is 1.09. The number of para-hydroxylation sites is 1. The van der Waals surface area contributed by atoms with Crippen molar-refractivity contribution in [2.45, 2.75) is 49.9 Å². The van der Waals surface area contributed by atoms with Gasteiger partial charge in [0.05, 0.1) is 11.1 Å². The van der Waals surface area contributed by atoms with E-state index in [1.54, 1.807) is 12.1 Å². The van der Waals surface area contributed by atoms with Crippen molar-refractivity contribution in [2.24, 2.45) is 5.41 Å². The Labute approximate surface area is 189 Å². The highest BCUT2D eigenvalue weighted by Gasteiger charge is 2.68. The summed E-state index contributed by atoms with van der Waals surface area (Å²) in [6.45, 7) is -0.220. The summed E-state index contributed by atoms with van der Waals surface area (Å²) in [4.78, 5) is 25.1. The number of nitrogens with one attached hydrogen (secondary N) is 1. The number of ketones is 1. The molecule has 2 atom stereocenters. The van der Waals surface area contributed by atoms with Gasteiger partial charge in [-0.05, 0) is 42.9 Å². The minimum atomic E-state index is -0.707. The van der Waals surface area contributed by atoms with E-state index >= 15 is 0 Å². The van der Waals surface area contributed by atoms with Gasteiger partial charge < -0.3 is 19.9 Å². The van der Waals surface area contributed by atoms with Crippen molar-refractivity contribution in [3.63, 3.8) is 0 Å². The summed E-state index contributed by atoms with van der Waals surface area (Å²) in [5, 5.41) is 13.3. The molecule has 2 aromatic carbocycles. The third-order valence-electron chi connectivity index (χ3n) is 6.70. The van der Waals surface area contributed by atoms with Gasteiger partial charge in [0.15, 0.2) is 18.5 Å². The van der Waals surface area contributed by atoms with Crippen LogP contribution >= 0.6 is 11.6 Å². The van der Waals surface area contributed by atoms with Crippen LogP contribution in [-0.2, 0) is 9.59 Å². The van der Waals surface area contributed by atoms with Crippen LogP contribution in [-0.4, -0.2) is 35.0 Å². The zero-order valence-electron chi connectivity index (χ0n) is 17.3. The molecule has 1 heterocycles. The van der Waals surface area contributed by atoms with Crippen LogP contribution in [0, 0.1) is 11.2 Å². The van der Waals surface area contributed by atoms with Gasteiger partial charge >= 0.3 is 0 Å². The molecule has 168 valence electrons. The van der Waals surface area contributed by atoms with E-state index in [4.69, 9.17) is 21.1 Å². The summed E-state index contributed by atoms with van der Waals surface area (Å²) in [6, 6.07) is 11.2. The maximum atomic E-state index is 13.5. The number of halogens is 2. The molecule has 1 aliphatic heterocycles. The first-order chi connectivity index (χ1) is 15.3. The first kappa shape index (κ1) is 21.2. The van der Waals surface area contributed by atoms with Crippen LogP contribution in [0.4, 0.5) is 4.39 Å². The minimum absolute atomic E-state index is 0.00661. The third-order valence-corrected chi connectivity index (χ3v) is 7.01. The Bertz CT molecular complexity index is 1070. The molecule has 2 bridgehead atoms. The van der Waals surface area contributed by atoms with Crippen LogP contribution in [0.15, 0.2) is 42.5 Å². The average molecular weight is 460 g/mol. The number of rotatable bonds is 7. The van der Waals surface area contributed by atoms with Crippen LogP contribution in [0.3, 0.4) is 0 Å². The second kappa shape index (κ2) is 7.74. The van der Waals surface area contributed by atoms with E-state index in [0.29, 0.717) is 17.7 Å². The highest BCUT2D eigenvalue weighted by Crippen LogP contribution is 2.69. The Kier molecular flexibility index (Phi) is 5.13. The monoisotopic (exact) mass is 459 g/mol. The maximum Gasteiger partial charge on any atom is 0.258 e. The number of fused-ring (bicyclic) bond motifs is 1. The average Bonchev–Trinajstić information content (AvgIpc) is 2.72. The standard InChI is InChI=1S/C24H23ClFNO5/c25-16-6-5-14(7-17(16)26)31-10-22(30)27-24-11-23(12-24,13-24)9-19(29)21-8-18(28)15-3-1-2-4-20(15)32-21/h1-7,18,21,28H,8-13H2,(H,27,30)/t18-,21-,23?,24?/m1/s1. The van der Waals surface area contributed by atoms with Crippen LogP contribution in [0.5, 0.6) is 11.5 Å². The zero-order chi connectivity index (χ0) is 22.5. The summed E-state index contributed by atoms with van der Waals surface area (Å²) in [7, 11) is 0. The van der Waals surface area contributed by atoms with Crippen LogP contribution in [0.2, 0.25) is 5.02 Å². The summed E-state index contributed by atoms with van der Waals surface area (Å²) in [6.07, 6.45) is 1.49. The maximum absolute atomic E-state index is 13.5. The molecule has 2 aromatic rings. The van der Waals surface area contributed by atoms with Gasteiger partial charge in [-0.2, -0.15) is 0 Å². The topological polar surface area (TPSA) is 84.9 Å². The molecule has 0 unspecified atom stereocenters. The highest BCUT2D eigenvalue weighted by atomic mass is 35.5. The van der Waals surface area contributed by atoms with Gasteiger partial charge in [-0.25, -0.2) is 4.39 Å². The van der Waals surface area contributed by atoms with Gasteiger partial charge in [0.2, 0.25) is 0 Å². The molecule has 0 saturated heterocycles. The fourth-order valence-corrected chi connectivity index (χ4v) is 5.56. The third kappa shape index (κ3) is 3.84. The molecule has 3 aliphatic carbocycles. The number of amides is 1. The van der Waals surface area contributed by atoms with E-state index in [1.807, 2.05) is 12.1 Å². The second-order valence-corrected chi connectivity index (χ2v) is 9.67. The number of Topliss-reactive ketones (excluding diaryl/α,β-unsaturated/α-hetero) is 1. The van der Waals surface area contributed by atoms with Gasteiger partial charge in [-0.3, -0.25) is 9.59 Å². The number of hydrogen-bond acceptors (Lipinski definition) is 5. The fraction of sp³-hybridized carbons (Fsp3) is 0.417. The highest BCUT2D eigenvalue weighted by molar-refractivity contribution is 6.30. The number of aliphatic hydroxyl groups excluding tert-OH is 1. The Hall–Kier alpha value is -2.64. The van der Waals surface area contributed by atoms with E-state index < -0.39 is 18.0 Å². The first-order valence-corrected chi connectivity index (χ1v) is 11.0. The van der Waals surface area contributed by atoms with Gasteiger partial charge in [-0.1, -0.05) is 29.8 Å². The van der Waals surface area contributed by atoms with Gasteiger partial charge in [0, 0.05) is 30.0 Å². The lowest BCUT2D eigenvalue weighted by molar-refractivity contribution is -0.175. The van der Waals surface area contributed by atoms with Crippen LogP contribution in [0.1, 0.15) is 43.8 Å². The van der Waals surface area contributed by atoms with Crippen LogP contribution < -0.4 is 14.8 Å². The Morgan fingerprint density at radius 2 is 1.97 bits per heavy atom. The molecular weight excluding hydrogens is 437 g/mol. The predicted molar refractivity (Wildman–Crippen MR) is 114 cm³/mol. The number of aliphatic hydroxyl groups is 1. The molecule has 0 aromatic heterocycles. The van der Waals surface area contributed by atoms with Crippen molar-refractivity contribution < 1.29 is 28.6 Å². The number of benzene rings is 2. The van der Waals surface area contributed by atoms with Crippen molar-refractivity contribution in [3.8, 4) is 11.5 Å². The number of hydrogen-bond donors (Lipinski definition) is 2. The molecule has 6 nitrogen and oxygen atoms in total. The second-order valence-electron chi connectivity index (χ2n) is 9.26. The molecular formula is C24H23ClFNO5. The Morgan fingerprint density at radius 1 is 1.22 bits per heavy atom. The lowest BCUT2D eigenvalue weighted by Crippen LogP contribution is -2.75. The minimum Gasteiger partial charge on any atom is -0.484 e. The van der Waals surface area contributed by atoms with E-state index in [2.05, 4.69) is 5.32 Å². The summed E-state index contributed by atoms with van der Waals surface area (Å²) in [5.41, 5.74) is 0.327. The molecule has 3 saturated carbocycles. The zero-order valence-corrected chi connectivity index (χ0v) is 18.0. The molecule has 0 radical (unpaired) electrons. The molecule has 0 spiro atoms. The van der Waals surface area contributed by atoms with Gasteiger partial charge in [0.25, 0.3) is 5.91 Å². The molecule has 32 heavy (non-hydrogen) atoms. The molecule has 6 rings (SSSR count). The summed E-state index contributed by atoms with van der Waals surface area (Å²) < 4.78 is 24.6. The normalized spacial score (nSPS) is 29.6. The lowest BCUT2D eigenvalue weighted by atomic mass is 9.38. The number of carbonyl (C=O) groups excluding carboxylic acids is 2. The smallest absolute Gasteiger partial charge is 0.258 e. The van der Waals surface area contributed by atoms with Crippen molar-refractivity contribution in [2.75, 3.05) is 6.61 Å². The fourth-order valence-electron chi connectivity index (χ4n) is 5.44. The number of carbonyl (C=O) groups is 2. The largest absolute Gasteiger partial charge is 0.484 e. The molecule has 1 amide bonds. The van der Waals surface area contributed by atoms with E-state index in [9.17, 15) is 19.1 Å². The van der Waals surface area contributed by atoms with Crippen molar-refractivity contribution in [1.82, 2.24) is 5.32 Å². The quantitative estimate of drug-likeness (QED) is 0.659. The summed E-state index contributed by atoms with van der Waals surface area (Å²) >= 11 is 5.64.